The molecule has 0 fully saturated rings. The Kier molecular flexibility index (Phi) is 11.8. The number of aliphatic carboxylic acids is 1. The van der Waals surface area contributed by atoms with Crippen LogP contribution in [-0.4, -0.2) is 41.2 Å². The molecule has 0 saturated carbocycles. The second kappa shape index (κ2) is 14.7. The maximum Gasteiger partial charge on any atom is 0.490 e. The molecule has 9 heteroatoms. The number of carbonyl (C=O) groups excluding carboxylic acids is 1. The number of nitrogens with zero attached hydrogens (tertiary/aromatic N) is 1. The zero-order valence-electron chi connectivity index (χ0n) is 20.9. The normalized spacial score (nSPS) is 11.0. The van der Waals surface area contributed by atoms with Gasteiger partial charge in [-0.2, -0.15) is 13.2 Å². The van der Waals surface area contributed by atoms with Crippen molar-refractivity contribution < 1.29 is 27.9 Å². The first-order valence-corrected chi connectivity index (χ1v) is 11.9. The molecule has 0 radical (unpaired) electrons. The lowest BCUT2D eigenvalue weighted by atomic mass is 10.0. The van der Waals surface area contributed by atoms with Crippen LogP contribution >= 0.6 is 0 Å². The second-order valence-electron chi connectivity index (χ2n) is 8.83. The summed E-state index contributed by atoms with van der Waals surface area (Å²) in [6.45, 7) is 6.67. The topological polar surface area (TPSA) is 91.3 Å². The molecule has 2 aromatic carbocycles. The van der Waals surface area contributed by atoms with Crippen LogP contribution in [0.4, 0.5) is 13.2 Å². The number of carbonyl (C=O) groups is 2. The van der Waals surface area contributed by atoms with Gasteiger partial charge in [0.25, 0.3) is 5.91 Å². The summed E-state index contributed by atoms with van der Waals surface area (Å²) in [6, 6.07) is 20.9. The lowest BCUT2D eigenvalue weighted by Crippen LogP contribution is -2.27. The standard InChI is InChI=1S/C26H31N3O.C2HF3O2/c1-20(2)16-29-26(30)25-15-24(18-28-19-25)23-12-10-22(11-13-23)17-27-14-6-9-21-7-4-3-5-8-21;3-2(4,5)1(6)7/h3-5,7-8,10-13,15,18-20,27H,6,9,14,16-17H2,1-2H3,(H,29,30);(H,6,7). The van der Waals surface area contributed by atoms with Crippen LogP contribution < -0.4 is 10.6 Å². The molecule has 3 aromatic rings. The molecule has 1 aromatic heterocycles. The van der Waals surface area contributed by atoms with E-state index >= 15 is 0 Å². The van der Waals surface area contributed by atoms with E-state index in [1.165, 1.54) is 11.1 Å². The number of alkyl halides is 3. The molecule has 3 rings (SSSR count). The predicted octanol–water partition coefficient (Wildman–Crippen LogP) is 5.49. The number of aromatic nitrogens is 1. The molecule has 1 amide bonds. The third-order valence-corrected chi connectivity index (χ3v) is 5.19. The monoisotopic (exact) mass is 515 g/mol. The predicted molar refractivity (Wildman–Crippen MR) is 137 cm³/mol. The van der Waals surface area contributed by atoms with E-state index in [1.807, 2.05) is 6.07 Å². The number of carboxylic acids is 1. The first-order chi connectivity index (χ1) is 17.6. The first kappa shape index (κ1) is 29.5. The van der Waals surface area contributed by atoms with E-state index < -0.39 is 12.1 Å². The fourth-order valence-corrected chi connectivity index (χ4v) is 3.23. The average molecular weight is 516 g/mol. The van der Waals surface area contributed by atoms with Crippen LogP contribution in [0.3, 0.4) is 0 Å². The summed E-state index contributed by atoms with van der Waals surface area (Å²) in [6.07, 6.45) is 0.559. The Hall–Kier alpha value is -3.72. The van der Waals surface area contributed by atoms with Crippen molar-refractivity contribution in [3.05, 3.63) is 89.7 Å². The maximum atomic E-state index is 12.3. The van der Waals surface area contributed by atoms with Crippen molar-refractivity contribution in [1.82, 2.24) is 15.6 Å². The number of benzene rings is 2. The fraction of sp³-hybridized carbons (Fsp3) is 0.321. The summed E-state index contributed by atoms with van der Waals surface area (Å²) >= 11 is 0. The zero-order valence-corrected chi connectivity index (χ0v) is 20.9. The van der Waals surface area contributed by atoms with Crippen LogP contribution in [0.15, 0.2) is 73.1 Å². The van der Waals surface area contributed by atoms with Crippen molar-refractivity contribution in [3.63, 3.8) is 0 Å². The van der Waals surface area contributed by atoms with E-state index in [9.17, 15) is 18.0 Å². The van der Waals surface area contributed by atoms with Gasteiger partial charge in [-0.1, -0.05) is 68.4 Å². The van der Waals surface area contributed by atoms with Gasteiger partial charge < -0.3 is 15.7 Å². The number of amides is 1. The lowest BCUT2D eigenvalue weighted by Gasteiger charge is -2.09. The highest BCUT2D eigenvalue weighted by molar-refractivity contribution is 5.95. The van der Waals surface area contributed by atoms with Crippen molar-refractivity contribution in [2.45, 2.75) is 39.4 Å². The van der Waals surface area contributed by atoms with Gasteiger partial charge in [-0.05, 0) is 48.1 Å². The Bertz CT molecular complexity index is 1120. The summed E-state index contributed by atoms with van der Waals surface area (Å²) in [5.74, 6) is -2.41. The van der Waals surface area contributed by atoms with E-state index in [1.54, 1.807) is 12.4 Å². The third-order valence-electron chi connectivity index (χ3n) is 5.19. The van der Waals surface area contributed by atoms with Crippen molar-refractivity contribution in [3.8, 4) is 11.1 Å². The number of hydrogen-bond acceptors (Lipinski definition) is 4. The Morgan fingerprint density at radius 1 is 0.946 bits per heavy atom. The van der Waals surface area contributed by atoms with Gasteiger partial charge in [-0.3, -0.25) is 9.78 Å². The summed E-state index contributed by atoms with van der Waals surface area (Å²) in [5.41, 5.74) is 5.25. The average Bonchev–Trinajstić information content (AvgIpc) is 2.88. The molecule has 6 nitrogen and oxygen atoms in total. The number of aryl methyl sites for hydroxylation is 1. The minimum atomic E-state index is -5.08. The minimum absolute atomic E-state index is 0.0747. The van der Waals surface area contributed by atoms with Crippen LogP contribution in [-0.2, 0) is 17.8 Å². The Morgan fingerprint density at radius 3 is 2.19 bits per heavy atom. The summed E-state index contributed by atoms with van der Waals surface area (Å²) in [5, 5.41) is 13.6. The number of rotatable bonds is 10. The molecule has 0 bridgehead atoms. The quantitative estimate of drug-likeness (QED) is 0.311. The number of nitrogens with one attached hydrogen (secondary N) is 2. The van der Waals surface area contributed by atoms with Crippen molar-refractivity contribution >= 4 is 11.9 Å². The summed E-state index contributed by atoms with van der Waals surface area (Å²) < 4.78 is 31.7. The van der Waals surface area contributed by atoms with E-state index in [4.69, 9.17) is 9.90 Å². The molecule has 0 aliphatic heterocycles. The van der Waals surface area contributed by atoms with Gasteiger partial charge in [0.1, 0.15) is 0 Å². The lowest BCUT2D eigenvalue weighted by molar-refractivity contribution is -0.192. The van der Waals surface area contributed by atoms with Gasteiger partial charge in [-0.15, -0.1) is 0 Å². The largest absolute Gasteiger partial charge is 0.490 e. The van der Waals surface area contributed by atoms with Gasteiger partial charge in [-0.25, -0.2) is 4.79 Å². The van der Waals surface area contributed by atoms with Crippen LogP contribution in [0, 0.1) is 5.92 Å². The highest BCUT2D eigenvalue weighted by Crippen LogP contribution is 2.20. The minimum Gasteiger partial charge on any atom is -0.475 e. The highest BCUT2D eigenvalue weighted by atomic mass is 19.4. The van der Waals surface area contributed by atoms with Gasteiger partial charge >= 0.3 is 12.1 Å². The van der Waals surface area contributed by atoms with Gasteiger partial charge in [0, 0.05) is 31.0 Å². The molecule has 0 aliphatic carbocycles. The van der Waals surface area contributed by atoms with Crippen molar-refractivity contribution in [1.29, 1.82) is 0 Å². The first-order valence-electron chi connectivity index (χ1n) is 11.9. The van der Waals surface area contributed by atoms with E-state index in [2.05, 4.69) is 84.1 Å². The second-order valence-corrected chi connectivity index (χ2v) is 8.83. The maximum absolute atomic E-state index is 12.3. The van der Waals surface area contributed by atoms with Gasteiger partial charge in [0.15, 0.2) is 0 Å². The van der Waals surface area contributed by atoms with Crippen LogP contribution in [0.2, 0.25) is 0 Å². The number of pyridine rings is 1. The Labute approximate surface area is 214 Å². The molecule has 37 heavy (non-hydrogen) atoms. The molecule has 0 saturated heterocycles. The molecule has 1 heterocycles. The van der Waals surface area contributed by atoms with Crippen LogP contribution in [0.25, 0.3) is 11.1 Å². The highest BCUT2D eigenvalue weighted by Gasteiger charge is 2.38. The van der Waals surface area contributed by atoms with E-state index in [0.717, 1.165) is 37.1 Å². The molecular formula is C28H32F3N3O3. The Balaban J connectivity index is 0.000000604. The molecule has 0 atom stereocenters. The Morgan fingerprint density at radius 2 is 1.59 bits per heavy atom. The smallest absolute Gasteiger partial charge is 0.475 e. The van der Waals surface area contributed by atoms with Gasteiger partial charge in [0.2, 0.25) is 0 Å². The molecular weight excluding hydrogens is 483 g/mol. The van der Waals surface area contributed by atoms with Gasteiger partial charge in [0.05, 0.1) is 5.56 Å². The van der Waals surface area contributed by atoms with Crippen LogP contribution in [0.5, 0.6) is 0 Å². The number of hydrogen-bond donors (Lipinski definition) is 3. The molecule has 0 unspecified atom stereocenters. The summed E-state index contributed by atoms with van der Waals surface area (Å²) in [7, 11) is 0. The molecule has 0 spiro atoms. The number of carboxylic acid groups (broad SMARTS) is 1. The molecule has 0 aliphatic rings. The molecule has 3 N–H and O–H groups in total. The zero-order chi connectivity index (χ0) is 27.3. The third kappa shape index (κ3) is 11.3. The summed E-state index contributed by atoms with van der Waals surface area (Å²) in [4.78, 5) is 25.4. The van der Waals surface area contributed by atoms with Crippen molar-refractivity contribution in [2.75, 3.05) is 13.1 Å². The van der Waals surface area contributed by atoms with E-state index in [-0.39, 0.29) is 5.91 Å². The fourth-order valence-electron chi connectivity index (χ4n) is 3.23. The SMILES string of the molecule is CC(C)CNC(=O)c1cncc(-c2ccc(CNCCCc3ccccc3)cc2)c1.O=C(O)C(F)(F)F. The van der Waals surface area contributed by atoms with E-state index in [0.29, 0.717) is 18.0 Å². The number of halogens is 3. The van der Waals surface area contributed by atoms with Crippen molar-refractivity contribution in [2.24, 2.45) is 5.92 Å². The van der Waals surface area contributed by atoms with Crippen LogP contribution in [0.1, 0.15) is 41.8 Å². The molecule has 198 valence electrons.